The summed E-state index contributed by atoms with van der Waals surface area (Å²) in [5.74, 6) is 0. The van der Waals surface area contributed by atoms with E-state index < -0.39 is 0 Å². The van der Waals surface area contributed by atoms with Crippen molar-refractivity contribution in [1.29, 1.82) is 0 Å². The van der Waals surface area contributed by atoms with E-state index in [1.165, 1.54) is 16.7 Å². The monoisotopic (exact) mass is 309 g/mol. The topological polar surface area (TPSA) is 29.5 Å². The molecule has 0 saturated carbocycles. The predicted molar refractivity (Wildman–Crippen MR) is 93.0 cm³/mol. The Hall–Kier alpha value is -2.29. The van der Waals surface area contributed by atoms with Gasteiger partial charge in [-0.25, -0.2) is 4.79 Å². The van der Waals surface area contributed by atoms with Crippen LogP contribution in [0, 0.1) is 0 Å². The molecule has 2 aromatic rings. The van der Waals surface area contributed by atoms with Crippen LogP contribution < -0.4 is 4.90 Å². The van der Waals surface area contributed by atoms with Crippen molar-refractivity contribution in [3.8, 4) is 0 Å². The molecule has 0 radical (unpaired) electrons. The molecule has 3 rings (SSSR count). The zero-order chi connectivity index (χ0) is 16.2. The van der Waals surface area contributed by atoms with Gasteiger partial charge in [0, 0.05) is 0 Å². The lowest BCUT2D eigenvalue weighted by Gasteiger charge is -2.24. The van der Waals surface area contributed by atoms with E-state index >= 15 is 0 Å². The SMILES string of the molecule is CCc1ccc(CC)c(N2C(=O)OCC2Cc2ccccc2)c1. The fourth-order valence-corrected chi connectivity index (χ4v) is 3.14. The second kappa shape index (κ2) is 6.86. The van der Waals surface area contributed by atoms with Crippen molar-refractivity contribution in [3.05, 3.63) is 65.2 Å². The quantitative estimate of drug-likeness (QED) is 0.820. The van der Waals surface area contributed by atoms with E-state index in [0.29, 0.717) is 6.61 Å². The van der Waals surface area contributed by atoms with Crippen LogP contribution in [0.4, 0.5) is 10.5 Å². The molecule has 1 atom stereocenters. The molecule has 1 aliphatic rings. The number of hydrogen-bond acceptors (Lipinski definition) is 2. The molecule has 0 N–H and O–H groups in total. The molecule has 1 fully saturated rings. The first-order valence-electron chi connectivity index (χ1n) is 8.34. The lowest BCUT2D eigenvalue weighted by Crippen LogP contribution is -2.35. The van der Waals surface area contributed by atoms with Crippen molar-refractivity contribution < 1.29 is 9.53 Å². The van der Waals surface area contributed by atoms with Gasteiger partial charge >= 0.3 is 6.09 Å². The van der Waals surface area contributed by atoms with Crippen molar-refractivity contribution >= 4 is 11.8 Å². The number of nitrogens with zero attached hydrogens (tertiary/aromatic N) is 1. The number of hydrogen-bond donors (Lipinski definition) is 0. The maximum Gasteiger partial charge on any atom is 0.414 e. The Balaban J connectivity index is 1.93. The van der Waals surface area contributed by atoms with E-state index in [4.69, 9.17) is 4.74 Å². The number of ether oxygens (including phenoxy) is 1. The molecule has 0 aliphatic carbocycles. The van der Waals surface area contributed by atoms with Crippen LogP contribution >= 0.6 is 0 Å². The van der Waals surface area contributed by atoms with Crippen LogP contribution in [-0.4, -0.2) is 18.7 Å². The highest BCUT2D eigenvalue weighted by molar-refractivity contribution is 5.91. The van der Waals surface area contributed by atoms with Gasteiger partial charge in [0.05, 0.1) is 11.7 Å². The van der Waals surface area contributed by atoms with Crippen LogP contribution in [0.3, 0.4) is 0 Å². The van der Waals surface area contributed by atoms with E-state index in [1.807, 2.05) is 23.1 Å². The highest BCUT2D eigenvalue weighted by atomic mass is 16.6. The number of benzene rings is 2. The molecule has 23 heavy (non-hydrogen) atoms. The summed E-state index contributed by atoms with van der Waals surface area (Å²) in [5, 5.41) is 0. The highest BCUT2D eigenvalue weighted by Gasteiger charge is 2.35. The molecule has 1 amide bonds. The van der Waals surface area contributed by atoms with Crippen LogP contribution in [-0.2, 0) is 24.0 Å². The van der Waals surface area contributed by atoms with Crippen LogP contribution in [0.2, 0.25) is 0 Å². The average molecular weight is 309 g/mol. The number of amides is 1. The second-order valence-electron chi connectivity index (χ2n) is 5.96. The normalized spacial score (nSPS) is 17.4. The van der Waals surface area contributed by atoms with Crippen LogP contribution in [0.5, 0.6) is 0 Å². The molecule has 0 aromatic heterocycles. The van der Waals surface area contributed by atoms with Crippen molar-refractivity contribution in [2.45, 2.75) is 39.2 Å². The minimum Gasteiger partial charge on any atom is -0.447 e. The summed E-state index contributed by atoms with van der Waals surface area (Å²) < 4.78 is 5.36. The van der Waals surface area contributed by atoms with Gasteiger partial charge in [-0.15, -0.1) is 0 Å². The summed E-state index contributed by atoms with van der Waals surface area (Å²) in [4.78, 5) is 14.2. The van der Waals surface area contributed by atoms with E-state index in [2.05, 4.69) is 44.2 Å². The van der Waals surface area contributed by atoms with E-state index in [-0.39, 0.29) is 12.1 Å². The highest BCUT2D eigenvalue weighted by Crippen LogP contribution is 2.30. The third-order valence-corrected chi connectivity index (χ3v) is 4.47. The minimum atomic E-state index is -0.228. The first-order chi connectivity index (χ1) is 11.2. The Morgan fingerprint density at radius 3 is 2.52 bits per heavy atom. The molecule has 3 nitrogen and oxygen atoms in total. The van der Waals surface area contributed by atoms with Gasteiger partial charge in [0.25, 0.3) is 0 Å². The third-order valence-electron chi connectivity index (χ3n) is 4.47. The Bertz CT molecular complexity index is 681. The first-order valence-corrected chi connectivity index (χ1v) is 8.34. The Labute approximate surface area is 137 Å². The molecule has 1 heterocycles. The number of carbonyl (C=O) groups excluding carboxylic acids is 1. The number of cyclic esters (lactones) is 1. The van der Waals surface area contributed by atoms with Gasteiger partial charge < -0.3 is 4.74 Å². The van der Waals surface area contributed by atoms with Crippen LogP contribution in [0.15, 0.2) is 48.5 Å². The van der Waals surface area contributed by atoms with Gasteiger partial charge in [-0.2, -0.15) is 0 Å². The van der Waals surface area contributed by atoms with Gasteiger partial charge in [0.2, 0.25) is 0 Å². The first kappa shape index (κ1) is 15.6. The summed E-state index contributed by atoms with van der Waals surface area (Å²) in [7, 11) is 0. The van der Waals surface area contributed by atoms with Crippen molar-refractivity contribution in [2.24, 2.45) is 0 Å². The molecule has 120 valence electrons. The zero-order valence-corrected chi connectivity index (χ0v) is 13.8. The molecular formula is C20H23NO2. The molecule has 1 saturated heterocycles. The van der Waals surface area contributed by atoms with E-state index in [9.17, 15) is 4.79 Å². The largest absolute Gasteiger partial charge is 0.447 e. The maximum absolute atomic E-state index is 12.3. The molecule has 0 bridgehead atoms. The predicted octanol–water partition coefficient (Wildman–Crippen LogP) is 4.38. The Morgan fingerprint density at radius 1 is 1.04 bits per heavy atom. The molecule has 3 heteroatoms. The Morgan fingerprint density at radius 2 is 1.83 bits per heavy atom. The third kappa shape index (κ3) is 3.24. The molecule has 0 spiro atoms. The lowest BCUT2D eigenvalue weighted by molar-refractivity contribution is 0.178. The number of aryl methyl sites for hydroxylation is 2. The van der Waals surface area contributed by atoms with Gasteiger partial charge in [-0.3, -0.25) is 4.90 Å². The summed E-state index contributed by atoms with van der Waals surface area (Å²) in [6.45, 7) is 4.71. The zero-order valence-electron chi connectivity index (χ0n) is 13.8. The molecule has 2 aromatic carbocycles. The molecule has 1 unspecified atom stereocenters. The fraction of sp³-hybridized carbons (Fsp3) is 0.350. The summed E-state index contributed by atoms with van der Waals surface area (Å²) in [5.41, 5.74) is 4.68. The number of carbonyl (C=O) groups is 1. The smallest absolute Gasteiger partial charge is 0.414 e. The average Bonchev–Trinajstić information content (AvgIpc) is 2.95. The van der Waals surface area contributed by atoms with Gasteiger partial charge in [0.1, 0.15) is 6.61 Å². The van der Waals surface area contributed by atoms with Gasteiger partial charge in [-0.05, 0) is 42.0 Å². The number of anilines is 1. The fourth-order valence-electron chi connectivity index (χ4n) is 3.14. The van der Waals surface area contributed by atoms with Crippen molar-refractivity contribution in [2.75, 3.05) is 11.5 Å². The second-order valence-corrected chi connectivity index (χ2v) is 5.96. The summed E-state index contributed by atoms with van der Waals surface area (Å²) in [6, 6.07) is 16.8. The molecule has 1 aliphatic heterocycles. The number of rotatable bonds is 5. The van der Waals surface area contributed by atoms with Crippen molar-refractivity contribution in [3.63, 3.8) is 0 Å². The van der Waals surface area contributed by atoms with Gasteiger partial charge in [0.15, 0.2) is 0 Å². The van der Waals surface area contributed by atoms with Crippen molar-refractivity contribution in [1.82, 2.24) is 0 Å². The summed E-state index contributed by atoms with van der Waals surface area (Å²) in [6.07, 6.45) is 2.45. The standard InChI is InChI=1S/C20H23NO2/c1-3-15-10-11-17(4-2)19(13-15)21-18(14-23-20(21)22)12-16-8-6-5-7-9-16/h5-11,13,18H,3-4,12,14H2,1-2H3. The van der Waals surface area contributed by atoms with E-state index in [0.717, 1.165) is 24.9 Å². The van der Waals surface area contributed by atoms with Crippen LogP contribution in [0.1, 0.15) is 30.5 Å². The summed E-state index contributed by atoms with van der Waals surface area (Å²) >= 11 is 0. The Kier molecular flexibility index (Phi) is 4.65. The minimum absolute atomic E-state index is 0.0577. The van der Waals surface area contributed by atoms with Gasteiger partial charge in [-0.1, -0.05) is 56.3 Å². The van der Waals surface area contributed by atoms with Crippen LogP contribution in [0.25, 0.3) is 0 Å². The maximum atomic E-state index is 12.3. The lowest BCUT2D eigenvalue weighted by atomic mass is 10.0. The molecular weight excluding hydrogens is 286 g/mol. The van der Waals surface area contributed by atoms with E-state index in [1.54, 1.807) is 0 Å².